The maximum atomic E-state index is 11.1. The molecule has 94 valence electrons. The average molecular weight is 244 g/mol. The molecular formula is C15H16O3. The Kier molecular flexibility index (Phi) is 3.24. The van der Waals surface area contributed by atoms with E-state index in [1.807, 2.05) is 56.3 Å². The van der Waals surface area contributed by atoms with Gasteiger partial charge in [0.05, 0.1) is 0 Å². The van der Waals surface area contributed by atoms with Crippen molar-refractivity contribution in [2.75, 3.05) is 0 Å². The Hall–Kier alpha value is -2.03. The van der Waals surface area contributed by atoms with Crippen molar-refractivity contribution in [2.45, 2.75) is 25.6 Å². The molecule has 1 aromatic carbocycles. The first-order chi connectivity index (χ1) is 8.49. The molecule has 1 heterocycles. The van der Waals surface area contributed by atoms with Gasteiger partial charge in [-0.3, -0.25) is 0 Å². The standard InChI is InChI=1S/C15H16O3/c1-11(9-10-12-7-5-4-6-8-12)13-15(2,3)18-14(16)17-13/h4-10,13H,1H2,2-3H3/b10-9+. The van der Waals surface area contributed by atoms with Crippen LogP contribution in [-0.4, -0.2) is 17.9 Å². The molecule has 0 saturated carbocycles. The number of hydrogen-bond acceptors (Lipinski definition) is 3. The highest BCUT2D eigenvalue weighted by Gasteiger charge is 2.44. The highest BCUT2D eigenvalue weighted by Crippen LogP contribution is 2.31. The normalized spacial score (nSPS) is 21.7. The molecule has 3 heteroatoms. The van der Waals surface area contributed by atoms with Gasteiger partial charge in [0, 0.05) is 0 Å². The Morgan fingerprint density at radius 2 is 2.00 bits per heavy atom. The van der Waals surface area contributed by atoms with Gasteiger partial charge in [0.2, 0.25) is 0 Å². The van der Waals surface area contributed by atoms with Crippen LogP contribution in [0.25, 0.3) is 6.08 Å². The van der Waals surface area contributed by atoms with Crippen LogP contribution in [-0.2, 0) is 9.47 Å². The summed E-state index contributed by atoms with van der Waals surface area (Å²) in [6.07, 6.45) is 2.71. The van der Waals surface area contributed by atoms with Crippen LogP contribution in [0.1, 0.15) is 19.4 Å². The van der Waals surface area contributed by atoms with Gasteiger partial charge in [-0.15, -0.1) is 0 Å². The van der Waals surface area contributed by atoms with Gasteiger partial charge in [-0.1, -0.05) is 49.1 Å². The van der Waals surface area contributed by atoms with Crippen LogP contribution < -0.4 is 0 Å². The molecule has 1 fully saturated rings. The fourth-order valence-corrected chi connectivity index (χ4v) is 1.91. The maximum Gasteiger partial charge on any atom is 0.509 e. The van der Waals surface area contributed by atoms with Gasteiger partial charge < -0.3 is 9.47 Å². The molecule has 0 amide bonds. The number of carbonyl (C=O) groups is 1. The first kappa shape index (κ1) is 12.4. The first-order valence-corrected chi connectivity index (χ1v) is 5.80. The Balaban J connectivity index is 2.09. The molecule has 0 N–H and O–H groups in total. The molecule has 3 nitrogen and oxygen atoms in total. The molecule has 1 atom stereocenters. The third-order valence-corrected chi connectivity index (χ3v) is 2.82. The molecule has 1 unspecified atom stereocenters. The Labute approximate surface area is 107 Å². The Bertz CT molecular complexity index is 486. The summed E-state index contributed by atoms with van der Waals surface area (Å²) >= 11 is 0. The molecule has 1 saturated heterocycles. The highest BCUT2D eigenvalue weighted by atomic mass is 16.8. The van der Waals surface area contributed by atoms with Gasteiger partial charge in [-0.25, -0.2) is 4.79 Å². The number of hydrogen-bond donors (Lipinski definition) is 0. The van der Waals surface area contributed by atoms with Crippen LogP contribution in [0.4, 0.5) is 4.79 Å². The average Bonchev–Trinajstić information content (AvgIpc) is 2.61. The van der Waals surface area contributed by atoms with Crippen LogP contribution in [0.5, 0.6) is 0 Å². The van der Waals surface area contributed by atoms with E-state index in [-0.39, 0.29) is 0 Å². The summed E-state index contributed by atoms with van der Waals surface area (Å²) in [7, 11) is 0. The number of cyclic esters (lactones) is 2. The van der Waals surface area contributed by atoms with Gasteiger partial charge >= 0.3 is 6.16 Å². The van der Waals surface area contributed by atoms with Crippen LogP contribution in [0, 0.1) is 0 Å². The SMILES string of the molecule is C=C(/C=C/c1ccccc1)C1OC(=O)OC1(C)C. The van der Waals surface area contributed by atoms with E-state index in [9.17, 15) is 4.79 Å². The molecule has 1 aliphatic rings. The van der Waals surface area contributed by atoms with Gasteiger partial charge in [0.25, 0.3) is 0 Å². The molecule has 0 aliphatic carbocycles. The van der Waals surface area contributed by atoms with E-state index in [2.05, 4.69) is 6.58 Å². The number of ether oxygens (including phenoxy) is 2. The molecule has 0 radical (unpaired) electrons. The second kappa shape index (κ2) is 4.69. The third kappa shape index (κ3) is 2.62. The van der Waals surface area contributed by atoms with E-state index in [4.69, 9.17) is 9.47 Å². The van der Waals surface area contributed by atoms with Gasteiger partial charge in [0.1, 0.15) is 0 Å². The summed E-state index contributed by atoms with van der Waals surface area (Å²) in [5.74, 6) is 0. The molecule has 0 aromatic heterocycles. The number of carbonyl (C=O) groups excluding carboxylic acids is 1. The van der Waals surface area contributed by atoms with E-state index in [1.54, 1.807) is 0 Å². The summed E-state index contributed by atoms with van der Waals surface area (Å²) in [6, 6.07) is 9.87. The van der Waals surface area contributed by atoms with Crippen molar-refractivity contribution in [3.63, 3.8) is 0 Å². The van der Waals surface area contributed by atoms with Crippen LogP contribution in [0.3, 0.4) is 0 Å². The molecule has 0 bridgehead atoms. The van der Waals surface area contributed by atoms with Gasteiger partial charge in [-0.2, -0.15) is 0 Å². The Morgan fingerprint density at radius 1 is 1.33 bits per heavy atom. The van der Waals surface area contributed by atoms with Crippen molar-refractivity contribution >= 4 is 12.2 Å². The number of benzene rings is 1. The van der Waals surface area contributed by atoms with Crippen molar-refractivity contribution in [2.24, 2.45) is 0 Å². The van der Waals surface area contributed by atoms with E-state index in [0.29, 0.717) is 0 Å². The molecule has 1 aromatic rings. The van der Waals surface area contributed by atoms with Crippen LogP contribution >= 0.6 is 0 Å². The molecular weight excluding hydrogens is 228 g/mol. The minimum atomic E-state index is -0.671. The monoisotopic (exact) mass is 244 g/mol. The molecule has 2 rings (SSSR count). The number of rotatable bonds is 3. The lowest BCUT2D eigenvalue weighted by molar-refractivity contribution is 0.0751. The largest absolute Gasteiger partial charge is 0.509 e. The third-order valence-electron chi connectivity index (χ3n) is 2.82. The second-order valence-electron chi connectivity index (χ2n) is 4.77. The van der Waals surface area contributed by atoms with Crippen molar-refractivity contribution in [1.82, 2.24) is 0 Å². The minimum Gasteiger partial charge on any atom is -0.424 e. The fraction of sp³-hybridized carbons (Fsp3) is 0.267. The van der Waals surface area contributed by atoms with Crippen LogP contribution in [0.15, 0.2) is 48.6 Å². The zero-order valence-electron chi connectivity index (χ0n) is 10.6. The molecule has 1 aliphatic heterocycles. The summed E-state index contributed by atoms with van der Waals surface area (Å²) in [6.45, 7) is 7.56. The highest BCUT2D eigenvalue weighted by molar-refractivity contribution is 5.65. The smallest absolute Gasteiger partial charge is 0.424 e. The van der Waals surface area contributed by atoms with Crippen molar-refractivity contribution in [3.8, 4) is 0 Å². The summed E-state index contributed by atoms with van der Waals surface area (Å²) in [5.41, 5.74) is 1.12. The Morgan fingerprint density at radius 3 is 2.56 bits per heavy atom. The van der Waals surface area contributed by atoms with Crippen molar-refractivity contribution in [1.29, 1.82) is 0 Å². The lowest BCUT2D eigenvalue weighted by Crippen LogP contribution is -2.33. The lowest BCUT2D eigenvalue weighted by Gasteiger charge is -2.21. The van der Waals surface area contributed by atoms with Gasteiger partial charge in [-0.05, 0) is 25.0 Å². The molecule has 0 spiro atoms. The van der Waals surface area contributed by atoms with Crippen molar-refractivity contribution < 1.29 is 14.3 Å². The zero-order valence-corrected chi connectivity index (χ0v) is 10.6. The predicted octanol–water partition coefficient (Wildman–Crippen LogP) is 3.57. The zero-order chi connectivity index (χ0) is 13.2. The van der Waals surface area contributed by atoms with Gasteiger partial charge in [0.15, 0.2) is 11.7 Å². The maximum absolute atomic E-state index is 11.1. The summed E-state index contributed by atoms with van der Waals surface area (Å²) in [4.78, 5) is 11.1. The van der Waals surface area contributed by atoms with E-state index in [0.717, 1.165) is 11.1 Å². The fourth-order valence-electron chi connectivity index (χ4n) is 1.91. The topological polar surface area (TPSA) is 35.5 Å². The van der Waals surface area contributed by atoms with Crippen molar-refractivity contribution in [3.05, 3.63) is 54.1 Å². The lowest BCUT2D eigenvalue weighted by atomic mass is 9.95. The minimum absolute atomic E-state index is 0.440. The first-order valence-electron chi connectivity index (χ1n) is 5.80. The van der Waals surface area contributed by atoms with E-state index in [1.165, 1.54) is 0 Å². The predicted molar refractivity (Wildman–Crippen MR) is 70.0 cm³/mol. The molecule has 18 heavy (non-hydrogen) atoms. The van der Waals surface area contributed by atoms with Crippen LogP contribution in [0.2, 0.25) is 0 Å². The van der Waals surface area contributed by atoms with E-state index < -0.39 is 17.9 Å². The second-order valence-corrected chi connectivity index (χ2v) is 4.77. The summed E-state index contributed by atoms with van der Waals surface area (Å²) < 4.78 is 10.2. The summed E-state index contributed by atoms with van der Waals surface area (Å²) in [5, 5.41) is 0. The van der Waals surface area contributed by atoms with E-state index >= 15 is 0 Å². The quantitative estimate of drug-likeness (QED) is 0.602.